The van der Waals surface area contributed by atoms with Crippen LogP contribution in [0.1, 0.15) is 18.9 Å². The van der Waals surface area contributed by atoms with Crippen molar-refractivity contribution in [1.82, 2.24) is 10.2 Å². The van der Waals surface area contributed by atoms with E-state index in [0.29, 0.717) is 11.7 Å². The van der Waals surface area contributed by atoms with E-state index in [4.69, 9.17) is 4.74 Å². The van der Waals surface area contributed by atoms with Gasteiger partial charge in [-0.15, -0.1) is 10.2 Å². The van der Waals surface area contributed by atoms with Gasteiger partial charge in [0.15, 0.2) is 0 Å². The molecule has 1 aromatic heterocycles. The van der Waals surface area contributed by atoms with Gasteiger partial charge in [0.1, 0.15) is 16.8 Å². The number of para-hydroxylation sites is 2. The van der Waals surface area contributed by atoms with E-state index in [1.54, 1.807) is 6.92 Å². The van der Waals surface area contributed by atoms with Crippen molar-refractivity contribution >= 4 is 28.1 Å². The van der Waals surface area contributed by atoms with Crippen molar-refractivity contribution in [2.24, 2.45) is 0 Å². The lowest BCUT2D eigenvalue weighted by Crippen LogP contribution is -2.32. The Hall–Kier alpha value is -2.15. The Morgan fingerprint density at radius 2 is 2.14 bits per heavy atom. The second kappa shape index (κ2) is 7.03. The molecule has 0 aliphatic rings. The van der Waals surface area contributed by atoms with Crippen LogP contribution >= 0.6 is 11.3 Å². The number of aromatic nitrogens is 2. The van der Waals surface area contributed by atoms with Crippen LogP contribution in [0, 0.1) is 6.92 Å². The third kappa shape index (κ3) is 4.16. The molecule has 1 atom stereocenters. The first-order chi connectivity index (χ1) is 10.1. The van der Waals surface area contributed by atoms with Gasteiger partial charge in [-0.05, 0) is 32.9 Å². The number of amides is 1. The Balaban J connectivity index is 2.00. The van der Waals surface area contributed by atoms with Gasteiger partial charge >= 0.3 is 0 Å². The van der Waals surface area contributed by atoms with Crippen molar-refractivity contribution in [3.05, 3.63) is 29.3 Å². The van der Waals surface area contributed by atoms with Crippen molar-refractivity contribution in [1.29, 1.82) is 0 Å². The van der Waals surface area contributed by atoms with Crippen molar-refractivity contribution in [2.45, 2.75) is 26.8 Å². The number of carbonyl (C=O) groups is 1. The van der Waals surface area contributed by atoms with Crippen molar-refractivity contribution in [3.63, 3.8) is 0 Å². The van der Waals surface area contributed by atoms with Gasteiger partial charge < -0.3 is 10.1 Å². The van der Waals surface area contributed by atoms with Crippen LogP contribution in [-0.2, 0) is 4.79 Å². The van der Waals surface area contributed by atoms with Crippen LogP contribution in [-0.4, -0.2) is 28.8 Å². The molecular weight excluding hydrogens is 288 g/mol. The first-order valence-corrected chi connectivity index (χ1v) is 7.51. The second-order valence-electron chi connectivity index (χ2n) is 4.41. The highest BCUT2D eigenvalue weighted by molar-refractivity contribution is 7.15. The lowest BCUT2D eigenvalue weighted by atomic mass is 10.2. The number of rotatable bonds is 6. The van der Waals surface area contributed by atoms with E-state index in [9.17, 15) is 4.79 Å². The number of hydrogen-bond donors (Lipinski definition) is 2. The van der Waals surface area contributed by atoms with E-state index in [2.05, 4.69) is 20.8 Å². The fourth-order valence-corrected chi connectivity index (χ4v) is 2.32. The van der Waals surface area contributed by atoms with E-state index < -0.39 is 6.04 Å². The molecule has 1 amide bonds. The molecule has 0 aliphatic heterocycles. The van der Waals surface area contributed by atoms with Gasteiger partial charge in [0.2, 0.25) is 11.0 Å². The Labute approximate surface area is 127 Å². The maximum Gasteiger partial charge on any atom is 0.248 e. The third-order valence-electron chi connectivity index (χ3n) is 2.71. The Morgan fingerprint density at radius 1 is 1.38 bits per heavy atom. The molecule has 2 rings (SSSR count). The summed E-state index contributed by atoms with van der Waals surface area (Å²) >= 11 is 1.34. The van der Waals surface area contributed by atoms with Gasteiger partial charge in [-0.1, -0.05) is 23.5 Å². The number of hydrogen-bond acceptors (Lipinski definition) is 6. The minimum atomic E-state index is -0.421. The number of anilines is 2. The number of nitrogens with zero attached hydrogens (tertiary/aromatic N) is 2. The lowest BCUT2D eigenvalue weighted by Gasteiger charge is -2.17. The smallest absolute Gasteiger partial charge is 0.248 e. The summed E-state index contributed by atoms with van der Waals surface area (Å²) in [7, 11) is 0. The van der Waals surface area contributed by atoms with Crippen molar-refractivity contribution in [3.8, 4) is 5.75 Å². The van der Waals surface area contributed by atoms with Gasteiger partial charge in [-0.2, -0.15) is 0 Å². The molecule has 2 aromatic rings. The van der Waals surface area contributed by atoms with Crippen LogP contribution in [0.4, 0.5) is 10.8 Å². The van der Waals surface area contributed by atoms with Gasteiger partial charge in [-0.25, -0.2) is 0 Å². The molecule has 0 saturated carbocycles. The predicted molar refractivity (Wildman–Crippen MR) is 84.0 cm³/mol. The van der Waals surface area contributed by atoms with E-state index in [1.807, 2.05) is 38.1 Å². The molecule has 0 aliphatic carbocycles. The topological polar surface area (TPSA) is 76.1 Å². The van der Waals surface area contributed by atoms with Crippen LogP contribution < -0.4 is 15.4 Å². The van der Waals surface area contributed by atoms with E-state index >= 15 is 0 Å². The molecule has 21 heavy (non-hydrogen) atoms. The molecule has 7 heteroatoms. The lowest BCUT2D eigenvalue weighted by molar-refractivity contribution is -0.116. The Morgan fingerprint density at radius 3 is 2.81 bits per heavy atom. The van der Waals surface area contributed by atoms with E-state index in [1.165, 1.54) is 11.3 Å². The largest absolute Gasteiger partial charge is 0.492 e. The van der Waals surface area contributed by atoms with Gasteiger partial charge in [-0.3, -0.25) is 10.1 Å². The minimum absolute atomic E-state index is 0.169. The molecule has 1 heterocycles. The SMILES string of the molecule is CCOc1ccccc1N[C@H](C)C(=O)Nc1nnc(C)s1. The first-order valence-electron chi connectivity index (χ1n) is 6.69. The monoisotopic (exact) mass is 306 g/mol. The quantitative estimate of drug-likeness (QED) is 0.858. The van der Waals surface area contributed by atoms with Crippen LogP contribution in [0.2, 0.25) is 0 Å². The van der Waals surface area contributed by atoms with E-state index in [-0.39, 0.29) is 5.91 Å². The summed E-state index contributed by atoms with van der Waals surface area (Å²) in [5.74, 6) is 0.559. The third-order valence-corrected chi connectivity index (χ3v) is 3.46. The molecule has 0 saturated heterocycles. The maximum atomic E-state index is 12.1. The number of carbonyl (C=O) groups excluding carboxylic acids is 1. The maximum absolute atomic E-state index is 12.1. The highest BCUT2D eigenvalue weighted by Crippen LogP contribution is 2.24. The second-order valence-corrected chi connectivity index (χ2v) is 5.59. The van der Waals surface area contributed by atoms with Gasteiger partial charge in [0.05, 0.1) is 12.3 Å². The van der Waals surface area contributed by atoms with Gasteiger partial charge in [0.25, 0.3) is 0 Å². The Kier molecular flexibility index (Phi) is 5.10. The number of nitrogens with one attached hydrogen (secondary N) is 2. The summed E-state index contributed by atoms with van der Waals surface area (Å²) < 4.78 is 5.52. The summed E-state index contributed by atoms with van der Waals surface area (Å²) in [4.78, 5) is 12.1. The summed E-state index contributed by atoms with van der Waals surface area (Å²) in [5, 5.41) is 14.9. The van der Waals surface area contributed by atoms with Crippen molar-refractivity contribution < 1.29 is 9.53 Å². The molecular formula is C14H18N4O2S. The molecule has 0 spiro atoms. The number of ether oxygens (including phenoxy) is 1. The summed E-state index contributed by atoms with van der Waals surface area (Å²) in [6.07, 6.45) is 0. The van der Waals surface area contributed by atoms with Gasteiger partial charge in [0, 0.05) is 0 Å². The van der Waals surface area contributed by atoms with Crippen LogP contribution in [0.3, 0.4) is 0 Å². The average molecular weight is 306 g/mol. The van der Waals surface area contributed by atoms with Crippen molar-refractivity contribution in [2.75, 3.05) is 17.2 Å². The summed E-state index contributed by atoms with van der Waals surface area (Å²) in [6.45, 7) is 6.12. The fourth-order valence-electron chi connectivity index (χ4n) is 1.73. The number of benzene rings is 1. The molecule has 0 fully saturated rings. The number of aryl methyl sites for hydroxylation is 1. The zero-order valence-corrected chi connectivity index (χ0v) is 13.0. The molecule has 6 nitrogen and oxygen atoms in total. The summed E-state index contributed by atoms with van der Waals surface area (Å²) in [6, 6.07) is 7.11. The molecule has 0 radical (unpaired) electrons. The first kappa shape index (κ1) is 15.2. The Bertz CT molecular complexity index is 615. The normalized spacial score (nSPS) is 11.8. The standard InChI is InChI=1S/C14H18N4O2S/c1-4-20-12-8-6-5-7-11(12)15-9(2)13(19)16-14-18-17-10(3)21-14/h5-9,15H,4H2,1-3H3,(H,16,18,19)/t9-/m1/s1. The van der Waals surface area contributed by atoms with E-state index in [0.717, 1.165) is 16.4 Å². The highest BCUT2D eigenvalue weighted by Gasteiger charge is 2.16. The molecule has 0 bridgehead atoms. The van der Waals surface area contributed by atoms with Crippen LogP contribution in [0.15, 0.2) is 24.3 Å². The van der Waals surface area contributed by atoms with Crippen LogP contribution in [0.25, 0.3) is 0 Å². The van der Waals surface area contributed by atoms with Crippen LogP contribution in [0.5, 0.6) is 5.75 Å². The summed E-state index contributed by atoms with van der Waals surface area (Å²) in [5.41, 5.74) is 0.787. The minimum Gasteiger partial charge on any atom is -0.492 e. The zero-order valence-electron chi connectivity index (χ0n) is 12.2. The fraction of sp³-hybridized carbons (Fsp3) is 0.357. The average Bonchev–Trinajstić information content (AvgIpc) is 2.86. The zero-order chi connectivity index (χ0) is 15.2. The molecule has 0 unspecified atom stereocenters. The highest BCUT2D eigenvalue weighted by atomic mass is 32.1. The predicted octanol–water partition coefficient (Wildman–Crippen LogP) is 2.68. The molecule has 112 valence electrons. The molecule has 2 N–H and O–H groups in total. The molecule has 1 aromatic carbocycles.